The lowest BCUT2D eigenvalue weighted by molar-refractivity contribution is -0.145. The number of carboxylic acid groups (broad SMARTS) is 1. The molecule has 1 fully saturated rings. The summed E-state index contributed by atoms with van der Waals surface area (Å²) >= 11 is 7.53. The van der Waals surface area contributed by atoms with E-state index in [1.807, 2.05) is 72.8 Å². The first-order chi connectivity index (χ1) is 17.0. The van der Waals surface area contributed by atoms with Crippen LogP contribution in [0.1, 0.15) is 27.2 Å². The molecule has 0 amide bonds. The van der Waals surface area contributed by atoms with Gasteiger partial charge in [0, 0.05) is 20.9 Å². The minimum Gasteiger partial charge on any atom is -0.478 e. The second-order valence-electron chi connectivity index (χ2n) is 8.07. The van der Waals surface area contributed by atoms with Gasteiger partial charge in [-0.1, -0.05) is 60.1 Å². The summed E-state index contributed by atoms with van der Waals surface area (Å²) in [5.41, 5.74) is 3.81. The molecule has 2 heterocycles. The van der Waals surface area contributed by atoms with Gasteiger partial charge in [0.1, 0.15) is 0 Å². The zero-order chi connectivity index (χ0) is 24.3. The van der Waals surface area contributed by atoms with Crippen molar-refractivity contribution in [2.24, 2.45) is 0 Å². The fraction of sp³-hybridized carbons (Fsp3) is 0.143. The number of halogens is 1. The number of hydrogen-bond acceptors (Lipinski definition) is 5. The molecule has 0 aliphatic carbocycles. The van der Waals surface area contributed by atoms with E-state index in [2.05, 4.69) is 4.98 Å². The average Bonchev–Trinajstić information content (AvgIpc) is 3.36. The highest BCUT2D eigenvalue weighted by Crippen LogP contribution is 2.38. The first-order valence-corrected chi connectivity index (χ1v) is 12.5. The number of pyridine rings is 1. The van der Waals surface area contributed by atoms with Crippen LogP contribution in [0.3, 0.4) is 0 Å². The van der Waals surface area contributed by atoms with E-state index < -0.39 is 11.8 Å². The Labute approximate surface area is 212 Å². The van der Waals surface area contributed by atoms with E-state index in [0.717, 1.165) is 27.7 Å². The van der Waals surface area contributed by atoms with Gasteiger partial charge in [-0.25, -0.2) is 9.78 Å². The zero-order valence-electron chi connectivity index (χ0n) is 18.7. The number of thioether (sulfide) groups is 1. The molecule has 4 aromatic rings. The summed E-state index contributed by atoms with van der Waals surface area (Å²) in [6.07, 6.45) is 3.96. The lowest BCUT2D eigenvalue weighted by Gasteiger charge is -2.28. The molecule has 35 heavy (non-hydrogen) atoms. The first-order valence-electron chi connectivity index (χ1n) is 11.1. The molecule has 7 heteroatoms. The van der Waals surface area contributed by atoms with Crippen LogP contribution in [0.4, 0.5) is 0 Å². The van der Waals surface area contributed by atoms with Crippen molar-refractivity contribution in [2.75, 3.05) is 19.0 Å². The molecule has 1 N–H and O–H groups in total. The van der Waals surface area contributed by atoms with E-state index in [1.165, 1.54) is 11.8 Å². The lowest BCUT2D eigenvalue weighted by Crippen LogP contribution is -2.30. The second kappa shape index (κ2) is 10.2. The van der Waals surface area contributed by atoms with E-state index in [4.69, 9.17) is 21.1 Å². The smallest absolute Gasteiger partial charge is 0.336 e. The quantitative estimate of drug-likeness (QED) is 0.281. The average molecular weight is 504 g/mol. The summed E-state index contributed by atoms with van der Waals surface area (Å²) in [5, 5.41) is 11.2. The Morgan fingerprint density at radius 3 is 2.63 bits per heavy atom. The third-order valence-corrected chi connectivity index (χ3v) is 7.16. The van der Waals surface area contributed by atoms with Crippen molar-refractivity contribution in [3.63, 3.8) is 0 Å². The third-order valence-electron chi connectivity index (χ3n) is 5.74. The summed E-state index contributed by atoms with van der Waals surface area (Å²) in [6.45, 7) is 0.954. The number of hydrogen-bond donors (Lipinski definition) is 1. The molecular weight excluding hydrogens is 482 g/mol. The van der Waals surface area contributed by atoms with Crippen molar-refractivity contribution in [1.29, 1.82) is 0 Å². The topological polar surface area (TPSA) is 68.7 Å². The van der Waals surface area contributed by atoms with Crippen LogP contribution in [0.5, 0.6) is 0 Å². The molecule has 5 rings (SSSR count). The van der Waals surface area contributed by atoms with Gasteiger partial charge in [-0.05, 0) is 48.0 Å². The molecule has 5 nitrogen and oxygen atoms in total. The maximum absolute atomic E-state index is 11.6. The number of rotatable bonds is 7. The van der Waals surface area contributed by atoms with Gasteiger partial charge < -0.3 is 14.6 Å². The maximum atomic E-state index is 11.6. The SMILES string of the molecule is O=C(O)c1ccccc1SCC1(c2cccc(C=Cc3ccc4ccc(Cl)cc4n3)c2)OCCO1. The van der Waals surface area contributed by atoms with Gasteiger partial charge in [-0.3, -0.25) is 0 Å². The molecule has 0 atom stereocenters. The van der Waals surface area contributed by atoms with E-state index in [-0.39, 0.29) is 5.56 Å². The van der Waals surface area contributed by atoms with Crippen LogP contribution < -0.4 is 0 Å². The Hall–Kier alpha value is -3.16. The summed E-state index contributed by atoms with van der Waals surface area (Å²) in [7, 11) is 0. The largest absolute Gasteiger partial charge is 0.478 e. The maximum Gasteiger partial charge on any atom is 0.336 e. The number of benzene rings is 3. The van der Waals surface area contributed by atoms with Gasteiger partial charge in [0.25, 0.3) is 0 Å². The van der Waals surface area contributed by atoms with Crippen molar-refractivity contribution < 1.29 is 19.4 Å². The number of carboxylic acids is 1. The van der Waals surface area contributed by atoms with E-state index >= 15 is 0 Å². The van der Waals surface area contributed by atoms with Crippen LogP contribution in [0, 0.1) is 0 Å². The Morgan fingerprint density at radius 2 is 1.80 bits per heavy atom. The number of aromatic nitrogens is 1. The van der Waals surface area contributed by atoms with Gasteiger partial charge in [0.15, 0.2) is 0 Å². The van der Waals surface area contributed by atoms with E-state index in [1.54, 1.807) is 18.2 Å². The summed E-state index contributed by atoms with van der Waals surface area (Å²) < 4.78 is 12.2. The summed E-state index contributed by atoms with van der Waals surface area (Å²) in [6, 6.07) is 24.6. The predicted octanol–water partition coefficient (Wildman–Crippen LogP) is 6.75. The van der Waals surface area contributed by atoms with Crippen LogP contribution in [0.2, 0.25) is 5.02 Å². The minimum absolute atomic E-state index is 0.270. The number of nitrogens with zero attached hydrogens (tertiary/aromatic N) is 1. The van der Waals surface area contributed by atoms with Crippen molar-refractivity contribution in [1.82, 2.24) is 4.98 Å². The molecule has 0 radical (unpaired) electrons. The number of fused-ring (bicyclic) bond motifs is 1. The van der Waals surface area contributed by atoms with Crippen molar-refractivity contribution in [3.05, 3.63) is 106 Å². The molecule has 0 unspecified atom stereocenters. The first kappa shape index (κ1) is 23.6. The highest BCUT2D eigenvalue weighted by atomic mass is 35.5. The minimum atomic E-state index is -0.952. The fourth-order valence-corrected chi connectivity index (χ4v) is 5.32. The van der Waals surface area contributed by atoms with Crippen LogP contribution in [-0.2, 0) is 15.3 Å². The molecule has 1 aromatic heterocycles. The van der Waals surface area contributed by atoms with Crippen molar-refractivity contribution in [3.8, 4) is 0 Å². The highest BCUT2D eigenvalue weighted by Gasteiger charge is 2.39. The van der Waals surface area contributed by atoms with Gasteiger partial charge in [0.05, 0.1) is 35.7 Å². The standard InChI is InChI=1S/C28H22ClNO4S/c29-22-11-9-20-10-13-23(30-25(20)17-22)12-8-19-4-3-5-21(16-19)28(33-14-15-34-28)18-35-26-7-2-1-6-24(26)27(31)32/h1-13,16-17H,14-15,18H2,(H,31,32). The van der Waals surface area contributed by atoms with Crippen molar-refractivity contribution >= 4 is 52.4 Å². The van der Waals surface area contributed by atoms with Crippen molar-refractivity contribution in [2.45, 2.75) is 10.7 Å². The van der Waals surface area contributed by atoms with Crippen LogP contribution in [-0.4, -0.2) is 35.0 Å². The third kappa shape index (κ3) is 5.26. The molecule has 1 saturated heterocycles. The Bertz CT molecular complexity index is 1420. The highest BCUT2D eigenvalue weighted by molar-refractivity contribution is 7.99. The molecule has 1 aliphatic rings. The fourth-order valence-electron chi connectivity index (χ4n) is 3.99. The van der Waals surface area contributed by atoms with Gasteiger partial charge in [0.2, 0.25) is 5.79 Å². The van der Waals surface area contributed by atoms with Gasteiger partial charge >= 0.3 is 5.97 Å². The molecular formula is C28H22ClNO4S. The molecule has 0 spiro atoms. The second-order valence-corrected chi connectivity index (χ2v) is 9.53. The van der Waals surface area contributed by atoms with Crippen LogP contribution in [0.25, 0.3) is 23.1 Å². The van der Waals surface area contributed by atoms with E-state index in [9.17, 15) is 9.90 Å². The number of aromatic carboxylic acids is 1. The Morgan fingerprint density at radius 1 is 1.00 bits per heavy atom. The number of ether oxygens (including phenoxy) is 2. The molecule has 0 bridgehead atoms. The van der Waals surface area contributed by atoms with Gasteiger partial charge in [-0.2, -0.15) is 0 Å². The Kier molecular flexibility index (Phi) is 6.88. The van der Waals surface area contributed by atoms with E-state index in [0.29, 0.717) is 28.9 Å². The zero-order valence-corrected chi connectivity index (χ0v) is 20.3. The monoisotopic (exact) mass is 503 g/mol. The molecule has 0 saturated carbocycles. The summed E-state index contributed by atoms with van der Waals surface area (Å²) in [4.78, 5) is 17.0. The van der Waals surface area contributed by atoms with Gasteiger partial charge in [-0.15, -0.1) is 11.8 Å². The lowest BCUT2D eigenvalue weighted by atomic mass is 10.0. The Balaban J connectivity index is 1.39. The predicted molar refractivity (Wildman–Crippen MR) is 140 cm³/mol. The molecule has 3 aromatic carbocycles. The molecule has 1 aliphatic heterocycles. The number of carbonyl (C=O) groups is 1. The molecule has 176 valence electrons. The van der Waals surface area contributed by atoms with Crippen LogP contribution >= 0.6 is 23.4 Å². The normalized spacial score (nSPS) is 15.1. The summed E-state index contributed by atoms with van der Waals surface area (Å²) in [5.74, 6) is -1.47. The van der Waals surface area contributed by atoms with Crippen LogP contribution in [0.15, 0.2) is 83.8 Å².